The van der Waals surface area contributed by atoms with Crippen molar-refractivity contribution >= 4 is 23.4 Å². The van der Waals surface area contributed by atoms with E-state index in [2.05, 4.69) is 20.8 Å². The van der Waals surface area contributed by atoms with E-state index < -0.39 is 0 Å². The number of nitrogens with one attached hydrogen (secondary N) is 3. The molecule has 22 heavy (non-hydrogen) atoms. The van der Waals surface area contributed by atoms with E-state index in [0.29, 0.717) is 17.1 Å². The second-order valence-corrected chi connectivity index (χ2v) is 5.47. The molecule has 1 atom stereocenters. The van der Waals surface area contributed by atoms with Gasteiger partial charge in [-0.3, -0.25) is 15.2 Å². The first kappa shape index (κ1) is 12.9. The summed E-state index contributed by atoms with van der Waals surface area (Å²) in [5, 5.41) is 11.9. The summed E-state index contributed by atoms with van der Waals surface area (Å²) in [4.78, 5) is 26.3. The molecule has 7 nitrogen and oxygen atoms in total. The molecule has 0 radical (unpaired) electrons. The van der Waals surface area contributed by atoms with E-state index in [9.17, 15) is 9.59 Å². The number of aromatic amines is 1. The molecule has 1 aromatic carbocycles. The number of rotatable bonds is 2. The van der Waals surface area contributed by atoms with E-state index in [1.54, 1.807) is 18.3 Å². The van der Waals surface area contributed by atoms with Crippen molar-refractivity contribution in [2.45, 2.75) is 18.9 Å². The molecule has 1 saturated heterocycles. The van der Waals surface area contributed by atoms with Crippen LogP contribution in [0, 0.1) is 0 Å². The largest absolute Gasteiger partial charge is 0.331 e. The highest BCUT2D eigenvalue weighted by molar-refractivity contribution is 6.05. The Morgan fingerprint density at radius 2 is 2.23 bits per heavy atom. The third kappa shape index (κ3) is 1.93. The molecular weight excluding hydrogens is 282 g/mol. The Balaban J connectivity index is 1.61. The average molecular weight is 297 g/mol. The first-order chi connectivity index (χ1) is 10.7. The maximum absolute atomic E-state index is 12.4. The van der Waals surface area contributed by atoms with Crippen LogP contribution in [0.2, 0.25) is 0 Å². The summed E-state index contributed by atoms with van der Waals surface area (Å²) in [5.41, 5.74) is 2.33. The molecule has 0 saturated carbocycles. The highest BCUT2D eigenvalue weighted by atomic mass is 16.2. The van der Waals surface area contributed by atoms with Gasteiger partial charge in [0, 0.05) is 29.4 Å². The van der Waals surface area contributed by atoms with Gasteiger partial charge in [0.1, 0.15) is 5.82 Å². The summed E-state index contributed by atoms with van der Waals surface area (Å²) in [5.74, 6) is 0.582. The average Bonchev–Trinajstić information content (AvgIpc) is 3.20. The number of nitrogens with zero attached hydrogens (tertiary/aromatic N) is 2. The minimum Gasteiger partial charge on any atom is -0.331 e. The van der Waals surface area contributed by atoms with Crippen molar-refractivity contribution in [3.63, 3.8) is 0 Å². The zero-order chi connectivity index (χ0) is 15.1. The van der Waals surface area contributed by atoms with E-state index in [1.165, 1.54) is 0 Å². The molecule has 0 bridgehead atoms. The predicted molar refractivity (Wildman–Crippen MR) is 80.7 cm³/mol. The molecule has 1 fully saturated rings. The van der Waals surface area contributed by atoms with Gasteiger partial charge in [-0.25, -0.2) is 4.79 Å². The Morgan fingerprint density at radius 3 is 3.05 bits per heavy atom. The fraction of sp³-hybridized carbons (Fsp3) is 0.267. The second-order valence-electron chi connectivity index (χ2n) is 5.47. The lowest BCUT2D eigenvalue weighted by Crippen LogP contribution is -2.23. The van der Waals surface area contributed by atoms with Crippen LogP contribution in [0.5, 0.6) is 0 Å². The fourth-order valence-corrected chi connectivity index (χ4v) is 3.29. The normalized spacial score (nSPS) is 19.0. The fourth-order valence-electron chi connectivity index (χ4n) is 3.29. The molecule has 112 valence electrons. The topological polar surface area (TPSA) is 90.1 Å². The molecular formula is C15H15N5O2. The molecule has 0 aliphatic carbocycles. The van der Waals surface area contributed by atoms with Gasteiger partial charge in [0.05, 0.1) is 12.2 Å². The maximum Gasteiger partial charge on any atom is 0.324 e. The van der Waals surface area contributed by atoms with Crippen LogP contribution in [-0.2, 0) is 0 Å². The first-order valence-electron chi connectivity index (χ1n) is 7.25. The lowest BCUT2D eigenvalue weighted by atomic mass is 10.0. The van der Waals surface area contributed by atoms with E-state index in [0.717, 1.165) is 24.9 Å². The lowest BCUT2D eigenvalue weighted by Gasteiger charge is -2.17. The first-order valence-corrected chi connectivity index (χ1v) is 7.25. The predicted octanol–water partition coefficient (Wildman–Crippen LogP) is 2.34. The molecule has 2 aliphatic rings. The highest BCUT2D eigenvalue weighted by Gasteiger charge is 2.41. The van der Waals surface area contributed by atoms with Gasteiger partial charge in [-0.15, -0.1) is 0 Å². The van der Waals surface area contributed by atoms with E-state index >= 15 is 0 Å². The second kappa shape index (κ2) is 4.87. The Labute approximate surface area is 126 Å². The van der Waals surface area contributed by atoms with Crippen molar-refractivity contribution in [1.82, 2.24) is 15.1 Å². The number of anilines is 2. The third-order valence-corrected chi connectivity index (χ3v) is 4.18. The molecule has 0 unspecified atom stereocenters. The number of urea groups is 1. The van der Waals surface area contributed by atoms with Gasteiger partial charge >= 0.3 is 6.03 Å². The monoisotopic (exact) mass is 297 g/mol. The van der Waals surface area contributed by atoms with Gasteiger partial charge < -0.3 is 10.2 Å². The molecule has 2 aromatic rings. The van der Waals surface area contributed by atoms with Crippen molar-refractivity contribution in [3.8, 4) is 0 Å². The highest BCUT2D eigenvalue weighted by Crippen LogP contribution is 2.44. The number of H-pyrrole nitrogens is 1. The molecule has 3 heterocycles. The van der Waals surface area contributed by atoms with Gasteiger partial charge in [0.2, 0.25) is 0 Å². The van der Waals surface area contributed by atoms with Crippen LogP contribution in [0.3, 0.4) is 0 Å². The quantitative estimate of drug-likeness (QED) is 0.794. The zero-order valence-corrected chi connectivity index (χ0v) is 11.8. The number of benzene rings is 1. The molecule has 3 N–H and O–H groups in total. The van der Waals surface area contributed by atoms with Crippen molar-refractivity contribution < 1.29 is 9.59 Å². The van der Waals surface area contributed by atoms with Crippen LogP contribution in [0.4, 0.5) is 16.3 Å². The van der Waals surface area contributed by atoms with E-state index in [1.807, 2.05) is 17.0 Å². The van der Waals surface area contributed by atoms with Gasteiger partial charge in [-0.2, -0.15) is 5.10 Å². The van der Waals surface area contributed by atoms with Crippen LogP contribution in [0.25, 0.3) is 0 Å². The summed E-state index contributed by atoms with van der Waals surface area (Å²) >= 11 is 0. The Morgan fingerprint density at radius 1 is 1.32 bits per heavy atom. The molecule has 2 aliphatic heterocycles. The number of hydrogen-bond acceptors (Lipinski definition) is 3. The van der Waals surface area contributed by atoms with Crippen LogP contribution >= 0.6 is 0 Å². The summed E-state index contributed by atoms with van der Waals surface area (Å²) in [6.07, 6.45) is 3.51. The molecule has 3 amide bonds. The lowest BCUT2D eigenvalue weighted by molar-refractivity contribution is 0.0776. The van der Waals surface area contributed by atoms with Crippen LogP contribution < -0.4 is 10.6 Å². The Kier molecular flexibility index (Phi) is 2.85. The van der Waals surface area contributed by atoms with Crippen LogP contribution in [0.15, 0.2) is 30.5 Å². The zero-order valence-electron chi connectivity index (χ0n) is 11.8. The Hall–Kier alpha value is -2.83. The number of fused-ring (bicyclic) bond motifs is 3. The van der Waals surface area contributed by atoms with Gasteiger partial charge in [0.25, 0.3) is 5.91 Å². The van der Waals surface area contributed by atoms with Gasteiger partial charge in [-0.1, -0.05) is 6.07 Å². The van der Waals surface area contributed by atoms with E-state index in [4.69, 9.17) is 0 Å². The van der Waals surface area contributed by atoms with Crippen LogP contribution in [0.1, 0.15) is 34.8 Å². The van der Waals surface area contributed by atoms with Gasteiger partial charge in [0.15, 0.2) is 0 Å². The molecule has 1 aromatic heterocycles. The standard InChI is InChI=1S/C15H15N5O2/c21-14-9-3-1-4-10(13(9)11-5-2-8-20(11)14)17-15(22)18-12-6-7-16-19-12/h1,3-4,6-7,11H,2,5,8H2,(H3,16,17,18,19,22)/t11-/m0/s1. The number of carbonyl (C=O) groups is 2. The molecule has 4 rings (SSSR count). The van der Waals surface area contributed by atoms with E-state index in [-0.39, 0.29) is 18.0 Å². The summed E-state index contributed by atoms with van der Waals surface area (Å²) < 4.78 is 0. The number of amides is 3. The summed E-state index contributed by atoms with van der Waals surface area (Å²) in [6.45, 7) is 0.790. The van der Waals surface area contributed by atoms with Crippen LogP contribution in [-0.4, -0.2) is 33.6 Å². The minimum atomic E-state index is -0.360. The maximum atomic E-state index is 12.4. The minimum absolute atomic E-state index is 0.0649. The SMILES string of the molecule is O=C(Nc1ccn[nH]1)Nc1cccc2c1[C@@H]1CCCN1C2=O. The summed E-state index contributed by atoms with van der Waals surface area (Å²) in [7, 11) is 0. The third-order valence-electron chi connectivity index (χ3n) is 4.18. The molecule has 0 spiro atoms. The van der Waals surface area contributed by atoms with Gasteiger partial charge in [-0.05, 0) is 25.0 Å². The van der Waals surface area contributed by atoms with Crippen molar-refractivity contribution in [3.05, 3.63) is 41.6 Å². The molecule has 7 heteroatoms. The summed E-state index contributed by atoms with van der Waals surface area (Å²) in [6, 6.07) is 6.85. The number of hydrogen-bond donors (Lipinski definition) is 3. The van der Waals surface area contributed by atoms with Crippen molar-refractivity contribution in [1.29, 1.82) is 0 Å². The Bertz CT molecular complexity index is 740. The number of aromatic nitrogens is 2. The van der Waals surface area contributed by atoms with Crippen molar-refractivity contribution in [2.75, 3.05) is 17.2 Å². The number of carbonyl (C=O) groups excluding carboxylic acids is 2. The van der Waals surface area contributed by atoms with Crippen molar-refractivity contribution in [2.24, 2.45) is 0 Å². The smallest absolute Gasteiger partial charge is 0.324 e.